The molecule has 1 aliphatic carbocycles. The fraction of sp³-hybridized carbons (Fsp3) is 0.438. The van der Waals surface area contributed by atoms with Crippen LogP contribution in [0.3, 0.4) is 0 Å². The van der Waals surface area contributed by atoms with Crippen molar-refractivity contribution < 1.29 is 9.84 Å². The van der Waals surface area contributed by atoms with Crippen molar-refractivity contribution in [3.05, 3.63) is 39.8 Å². The quantitative estimate of drug-likeness (QED) is 0.890. The Morgan fingerprint density at radius 2 is 2.19 bits per heavy atom. The van der Waals surface area contributed by atoms with Gasteiger partial charge in [-0.2, -0.15) is 0 Å². The molecule has 1 heterocycles. The maximum Gasteiger partial charge on any atom is 0.119 e. The molecule has 0 spiro atoms. The molecule has 0 aliphatic heterocycles. The Kier molecular flexibility index (Phi) is 4.41. The third kappa shape index (κ3) is 3.36. The molecule has 1 atom stereocenters. The monoisotopic (exact) mass is 304 g/mol. The molecule has 0 saturated heterocycles. The summed E-state index contributed by atoms with van der Waals surface area (Å²) in [4.78, 5) is 6.01. The number of aromatic nitrogens is 1. The van der Waals surface area contributed by atoms with E-state index >= 15 is 0 Å². The molecule has 1 aliphatic rings. The third-order valence-electron chi connectivity index (χ3n) is 3.61. The van der Waals surface area contributed by atoms with Gasteiger partial charge in [0, 0.05) is 5.69 Å². The Hall–Kier alpha value is -1.59. The molecule has 21 heavy (non-hydrogen) atoms. The number of hydrogen-bond donors (Lipinski definition) is 2. The fourth-order valence-electron chi connectivity index (χ4n) is 2.69. The number of nitrogens with one attached hydrogen (secondary N) is 1. The number of aryl methyl sites for hydroxylation is 2. The molecule has 5 heteroatoms. The van der Waals surface area contributed by atoms with Gasteiger partial charge in [0.25, 0.3) is 0 Å². The Morgan fingerprint density at radius 1 is 1.38 bits per heavy atom. The molecule has 2 N–H and O–H groups in total. The van der Waals surface area contributed by atoms with E-state index in [4.69, 9.17) is 9.84 Å². The van der Waals surface area contributed by atoms with Gasteiger partial charge in [0.05, 0.1) is 28.2 Å². The molecule has 1 aromatic heterocycles. The topological polar surface area (TPSA) is 54.4 Å². The van der Waals surface area contributed by atoms with Crippen LogP contribution in [0.4, 0.5) is 5.69 Å². The minimum absolute atomic E-state index is 0.0373. The van der Waals surface area contributed by atoms with E-state index in [1.165, 1.54) is 17.0 Å². The molecule has 2 aromatic rings. The molecule has 4 nitrogen and oxygen atoms in total. The van der Waals surface area contributed by atoms with Crippen LogP contribution in [0.5, 0.6) is 5.75 Å². The molecule has 1 unspecified atom stereocenters. The van der Waals surface area contributed by atoms with Crippen molar-refractivity contribution in [1.82, 2.24) is 4.98 Å². The summed E-state index contributed by atoms with van der Waals surface area (Å²) in [5.74, 6) is 0.785. The van der Waals surface area contributed by atoms with E-state index < -0.39 is 0 Å². The molecule has 0 fully saturated rings. The summed E-state index contributed by atoms with van der Waals surface area (Å²) in [6, 6.07) is 8.27. The van der Waals surface area contributed by atoms with Gasteiger partial charge in [0.1, 0.15) is 12.4 Å². The van der Waals surface area contributed by atoms with Crippen LogP contribution in [0.25, 0.3) is 0 Å². The molecule has 0 amide bonds. The van der Waals surface area contributed by atoms with Crippen LogP contribution < -0.4 is 10.1 Å². The highest BCUT2D eigenvalue weighted by molar-refractivity contribution is 7.11. The number of hydrogen-bond acceptors (Lipinski definition) is 5. The number of aliphatic hydroxyl groups excluding tert-OH is 1. The van der Waals surface area contributed by atoms with Gasteiger partial charge in [-0.05, 0) is 50.5 Å². The number of fused-ring (bicyclic) bond motifs is 1. The number of aliphatic hydroxyl groups is 1. The highest BCUT2D eigenvalue weighted by atomic mass is 32.1. The number of nitrogens with zero attached hydrogens (tertiary/aromatic N) is 1. The number of rotatable bonds is 5. The van der Waals surface area contributed by atoms with Crippen LogP contribution in [-0.2, 0) is 6.42 Å². The summed E-state index contributed by atoms with van der Waals surface area (Å²) in [6.07, 6.45) is 3.44. The summed E-state index contributed by atoms with van der Waals surface area (Å²) in [5, 5.41) is 13.5. The van der Waals surface area contributed by atoms with Crippen molar-refractivity contribution in [3.8, 4) is 5.75 Å². The fourth-order valence-corrected chi connectivity index (χ4v) is 3.75. The lowest BCUT2D eigenvalue weighted by molar-refractivity contribution is 0.201. The summed E-state index contributed by atoms with van der Waals surface area (Å²) in [6.45, 7) is 2.45. The SMILES string of the molecule is Cc1nc2c(s1)C(Nc1ccc(OCCO)cc1)CCC2. The van der Waals surface area contributed by atoms with Crippen LogP contribution in [0.15, 0.2) is 24.3 Å². The van der Waals surface area contributed by atoms with Crippen molar-refractivity contribution in [2.75, 3.05) is 18.5 Å². The standard InChI is InChI=1S/C16H20N2O2S/c1-11-17-14-3-2-4-15(16(14)21-11)18-12-5-7-13(8-6-12)20-10-9-19/h5-8,15,18-19H,2-4,9-10H2,1H3. The van der Waals surface area contributed by atoms with E-state index in [-0.39, 0.29) is 6.61 Å². The molecular formula is C16H20N2O2S. The second-order valence-electron chi connectivity index (χ2n) is 5.23. The number of thiazole rings is 1. The predicted octanol–water partition coefficient (Wildman–Crippen LogP) is 3.31. The number of ether oxygens (including phenoxy) is 1. The predicted molar refractivity (Wildman–Crippen MR) is 85.2 cm³/mol. The van der Waals surface area contributed by atoms with Gasteiger partial charge < -0.3 is 15.2 Å². The van der Waals surface area contributed by atoms with Crippen LogP contribution >= 0.6 is 11.3 Å². The maximum atomic E-state index is 8.75. The first-order valence-electron chi connectivity index (χ1n) is 7.33. The van der Waals surface area contributed by atoms with E-state index in [0.717, 1.165) is 29.3 Å². The second kappa shape index (κ2) is 6.45. The highest BCUT2D eigenvalue weighted by Gasteiger charge is 2.23. The van der Waals surface area contributed by atoms with E-state index in [9.17, 15) is 0 Å². The summed E-state index contributed by atoms with van der Waals surface area (Å²) in [7, 11) is 0. The Balaban J connectivity index is 1.69. The summed E-state index contributed by atoms with van der Waals surface area (Å²) >= 11 is 1.81. The van der Waals surface area contributed by atoms with Crippen LogP contribution in [-0.4, -0.2) is 23.3 Å². The van der Waals surface area contributed by atoms with Crippen LogP contribution in [0.2, 0.25) is 0 Å². The molecule has 0 saturated carbocycles. The molecule has 0 radical (unpaired) electrons. The summed E-state index contributed by atoms with van der Waals surface area (Å²) in [5.41, 5.74) is 2.36. The van der Waals surface area contributed by atoms with Crippen molar-refractivity contribution in [1.29, 1.82) is 0 Å². The van der Waals surface area contributed by atoms with E-state index in [1.807, 2.05) is 24.3 Å². The maximum absolute atomic E-state index is 8.75. The van der Waals surface area contributed by atoms with Crippen molar-refractivity contribution in [2.24, 2.45) is 0 Å². The molecule has 3 rings (SSSR count). The Morgan fingerprint density at radius 3 is 2.95 bits per heavy atom. The molecule has 0 bridgehead atoms. The zero-order chi connectivity index (χ0) is 14.7. The van der Waals surface area contributed by atoms with Gasteiger partial charge in [0.2, 0.25) is 0 Å². The van der Waals surface area contributed by atoms with Gasteiger partial charge >= 0.3 is 0 Å². The van der Waals surface area contributed by atoms with Crippen molar-refractivity contribution >= 4 is 17.0 Å². The number of anilines is 1. The normalized spacial score (nSPS) is 17.3. The van der Waals surface area contributed by atoms with E-state index in [2.05, 4.69) is 17.2 Å². The van der Waals surface area contributed by atoms with E-state index in [0.29, 0.717) is 12.6 Å². The molecule has 112 valence electrons. The average molecular weight is 304 g/mol. The van der Waals surface area contributed by atoms with Crippen molar-refractivity contribution in [2.45, 2.75) is 32.2 Å². The largest absolute Gasteiger partial charge is 0.491 e. The van der Waals surface area contributed by atoms with Crippen molar-refractivity contribution in [3.63, 3.8) is 0 Å². The van der Waals surface area contributed by atoms with E-state index in [1.54, 1.807) is 11.3 Å². The van der Waals surface area contributed by atoms with Crippen LogP contribution in [0.1, 0.15) is 34.5 Å². The van der Waals surface area contributed by atoms with Gasteiger partial charge in [-0.1, -0.05) is 0 Å². The number of benzene rings is 1. The highest BCUT2D eigenvalue weighted by Crippen LogP contribution is 2.36. The van der Waals surface area contributed by atoms with Crippen LogP contribution in [0, 0.1) is 6.92 Å². The Bertz CT molecular complexity index is 595. The smallest absolute Gasteiger partial charge is 0.119 e. The molecule has 1 aromatic carbocycles. The lowest BCUT2D eigenvalue weighted by Gasteiger charge is -2.23. The average Bonchev–Trinajstić information content (AvgIpc) is 2.88. The first kappa shape index (κ1) is 14.4. The molecular weight excluding hydrogens is 284 g/mol. The Labute approximate surface area is 128 Å². The second-order valence-corrected chi connectivity index (χ2v) is 6.46. The van der Waals surface area contributed by atoms with Gasteiger partial charge in [0.15, 0.2) is 0 Å². The lowest BCUT2D eigenvalue weighted by atomic mass is 9.98. The minimum atomic E-state index is 0.0373. The summed E-state index contributed by atoms with van der Waals surface area (Å²) < 4.78 is 5.37. The first-order chi connectivity index (χ1) is 10.3. The third-order valence-corrected chi connectivity index (χ3v) is 4.74. The van der Waals surface area contributed by atoms with Gasteiger partial charge in [-0.3, -0.25) is 0 Å². The van der Waals surface area contributed by atoms with Gasteiger partial charge in [-0.25, -0.2) is 4.98 Å². The minimum Gasteiger partial charge on any atom is -0.491 e. The first-order valence-corrected chi connectivity index (χ1v) is 8.14. The van der Waals surface area contributed by atoms with Gasteiger partial charge in [-0.15, -0.1) is 11.3 Å². The zero-order valence-electron chi connectivity index (χ0n) is 12.1. The zero-order valence-corrected chi connectivity index (χ0v) is 12.9. The lowest BCUT2D eigenvalue weighted by Crippen LogP contribution is -2.15.